The summed E-state index contributed by atoms with van der Waals surface area (Å²) in [5.74, 6) is 0. The highest BCUT2D eigenvalue weighted by atomic mass is 32.2. The third-order valence-electron chi connectivity index (χ3n) is 3.65. The van der Waals surface area contributed by atoms with Crippen molar-refractivity contribution >= 4 is 16.6 Å². The standard InChI is InChI=1S/C20H22F3NOS/c1-19(2,3)26(25)24-18(20(21,22)23)14-17(15-10-6-4-7-11-15)16-12-8-5-9-13-16/h4-14,18,24H,1-3H3/t18-,26+/m0/s1. The molecular weight excluding hydrogens is 359 g/mol. The monoisotopic (exact) mass is 381 g/mol. The molecule has 2 rings (SSSR count). The molecule has 0 aliphatic carbocycles. The normalized spacial score (nSPS) is 14.5. The summed E-state index contributed by atoms with van der Waals surface area (Å²) in [6, 6.07) is 15.7. The zero-order valence-electron chi connectivity index (χ0n) is 14.9. The molecule has 0 saturated heterocycles. The van der Waals surface area contributed by atoms with Gasteiger partial charge in [-0.3, -0.25) is 0 Å². The summed E-state index contributed by atoms with van der Waals surface area (Å²) in [5, 5.41) is 0. The van der Waals surface area contributed by atoms with Crippen LogP contribution < -0.4 is 4.72 Å². The van der Waals surface area contributed by atoms with Crippen LogP contribution in [-0.2, 0) is 11.0 Å². The largest absolute Gasteiger partial charge is 0.408 e. The number of nitrogens with one attached hydrogen (secondary N) is 1. The van der Waals surface area contributed by atoms with Gasteiger partial charge >= 0.3 is 6.18 Å². The van der Waals surface area contributed by atoms with E-state index in [1.807, 2.05) is 0 Å². The molecule has 6 heteroatoms. The maximum Gasteiger partial charge on any atom is 0.408 e. The highest BCUT2D eigenvalue weighted by Crippen LogP contribution is 2.29. The molecular formula is C20H22F3NOS. The second-order valence-corrected chi connectivity index (χ2v) is 8.83. The Labute approximate surface area is 154 Å². The predicted octanol–water partition coefficient (Wildman–Crippen LogP) is 5.10. The maximum atomic E-state index is 13.6. The van der Waals surface area contributed by atoms with Crippen LogP contribution in [0.5, 0.6) is 0 Å². The molecule has 2 atom stereocenters. The highest BCUT2D eigenvalue weighted by molar-refractivity contribution is 7.84. The van der Waals surface area contributed by atoms with Gasteiger partial charge in [0, 0.05) is 0 Å². The molecule has 26 heavy (non-hydrogen) atoms. The Balaban J connectivity index is 2.52. The van der Waals surface area contributed by atoms with Crippen LogP contribution in [0, 0.1) is 0 Å². The van der Waals surface area contributed by atoms with Gasteiger partial charge in [0.1, 0.15) is 6.04 Å². The van der Waals surface area contributed by atoms with Crippen molar-refractivity contribution in [2.24, 2.45) is 0 Å². The first-order valence-electron chi connectivity index (χ1n) is 8.16. The molecule has 0 fully saturated rings. The van der Waals surface area contributed by atoms with Crippen molar-refractivity contribution in [3.8, 4) is 0 Å². The molecule has 2 aromatic carbocycles. The minimum Gasteiger partial charge on any atom is -0.242 e. The van der Waals surface area contributed by atoms with E-state index in [1.165, 1.54) is 0 Å². The minimum atomic E-state index is -4.57. The van der Waals surface area contributed by atoms with Crippen LogP contribution in [0.3, 0.4) is 0 Å². The van der Waals surface area contributed by atoms with Gasteiger partial charge in [-0.2, -0.15) is 13.2 Å². The molecule has 0 spiro atoms. The van der Waals surface area contributed by atoms with Crippen LogP contribution in [0.4, 0.5) is 13.2 Å². The first kappa shape index (κ1) is 20.4. The molecule has 1 N–H and O–H groups in total. The molecule has 0 radical (unpaired) electrons. The summed E-state index contributed by atoms with van der Waals surface area (Å²) in [6.45, 7) is 4.88. The number of rotatable bonds is 5. The fraction of sp³-hybridized carbons (Fsp3) is 0.300. The Hall–Kier alpha value is -1.92. The SMILES string of the molecule is CC(C)(C)[S@@](=O)N[C@@H](C=C(c1ccccc1)c1ccccc1)C(F)(F)F. The minimum absolute atomic E-state index is 0.437. The summed E-state index contributed by atoms with van der Waals surface area (Å²) < 4.78 is 54.5. The molecule has 0 heterocycles. The lowest BCUT2D eigenvalue weighted by Gasteiger charge is -2.25. The van der Waals surface area contributed by atoms with E-state index >= 15 is 0 Å². The third-order valence-corrected chi connectivity index (χ3v) is 5.23. The summed E-state index contributed by atoms with van der Waals surface area (Å²) in [4.78, 5) is 0. The van der Waals surface area contributed by atoms with Crippen molar-refractivity contribution in [1.82, 2.24) is 4.72 Å². The van der Waals surface area contributed by atoms with Crippen molar-refractivity contribution in [2.75, 3.05) is 0 Å². The summed E-state index contributed by atoms with van der Waals surface area (Å²) in [7, 11) is -1.86. The van der Waals surface area contributed by atoms with Crippen molar-refractivity contribution in [3.05, 3.63) is 77.9 Å². The molecule has 0 bridgehead atoms. The number of benzene rings is 2. The highest BCUT2D eigenvalue weighted by Gasteiger charge is 2.41. The molecule has 140 valence electrons. The van der Waals surface area contributed by atoms with Crippen LogP contribution >= 0.6 is 0 Å². The van der Waals surface area contributed by atoms with Crippen molar-refractivity contribution in [1.29, 1.82) is 0 Å². The lowest BCUT2D eigenvalue weighted by molar-refractivity contribution is -0.140. The van der Waals surface area contributed by atoms with Crippen LogP contribution in [-0.4, -0.2) is 21.2 Å². The summed E-state index contributed by atoms with van der Waals surface area (Å²) >= 11 is 0. The Morgan fingerprint density at radius 1 is 0.923 bits per heavy atom. The number of alkyl halides is 3. The van der Waals surface area contributed by atoms with Gasteiger partial charge in [0.2, 0.25) is 0 Å². The zero-order valence-corrected chi connectivity index (χ0v) is 15.7. The summed E-state index contributed by atoms with van der Waals surface area (Å²) in [6.07, 6.45) is -3.47. The van der Waals surface area contributed by atoms with Crippen molar-refractivity contribution < 1.29 is 17.4 Å². The van der Waals surface area contributed by atoms with Gasteiger partial charge in [0.25, 0.3) is 0 Å². The van der Waals surface area contributed by atoms with E-state index in [2.05, 4.69) is 4.72 Å². The fourth-order valence-corrected chi connectivity index (χ4v) is 3.03. The zero-order chi connectivity index (χ0) is 19.4. The quantitative estimate of drug-likeness (QED) is 0.767. The smallest absolute Gasteiger partial charge is 0.242 e. The van der Waals surface area contributed by atoms with E-state index in [1.54, 1.807) is 81.4 Å². The van der Waals surface area contributed by atoms with Crippen molar-refractivity contribution in [2.45, 2.75) is 37.7 Å². The van der Waals surface area contributed by atoms with Gasteiger partial charge in [0.15, 0.2) is 0 Å². The number of hydrogen-bond acceptors (Lipinski definition) is 1. The molecule has 0 saturated carbocycles. The van der Waals surface area contributed by atoms with Gasteiger partial charge in [-0.1, -0.05) is 60.7 Å². The van der Waals surface area contributed by atoms with Crippen LogP contribution in [0.2, 0.25) is 0 Å². The second kappa shape index (κ2) is 8.18. The molecule has 0 aromatic heterocycles. The fourth-order valence-electron chi connectivity index (χ4n) is 2.25. The van der Waals surface area contributed by atoms with Gasteiger partial charge in [-0.05, 0) is 43.5 Å². The predicted molar refractivity (Wildman–Crippen MR) is 101 cm³/mol. The molecule has 0 aliphatic heterocycles. The van der Waals surface area contributed by atoms with E-state index in [-0.39, 0.29) is 0 Å². The van der Waals surface area contributed by atoms with E-state index < -0.39 is 28.0 Å². The van der Waals surface area contributed by atoms with Crippen LogP contribution in [0.25, 0.3) is 5.57 Å². The van der Waals surface area contributed by atoms with Crippen molar-refractivity contribution in [3.63, 3.8) is 0 Å². The second-order valence-electron chi connectivity index (χ2n) is 6.83. The number of halogens is 3. The molecule has 0 amide bonds. The molecule has 2 nitrogen and oxygen atoms in total. The molecule has 0 aliphatic rings. The Morgan fingerprint density at radius 2 is 1.35 bits per heavy atom. The lowest BCUT2D eigenvalue weighted by atomic mass is 9.96. The Kier molecular flexibility index (Phi) is 6.42. The average Bonchev–Trinajstić information content (AvgIpc) is 2.58. The van der Waals surface area contributed by atoms with Crippen LogP contribution in [0.1, 0.15) is 31.9 Å². The number of hydrogen-bond donors (Lipinski definition) is 1. The maximum absolute atomic E-state index is 13.6. The topological polar surface area (TPSA) is 29.1 Å². The molecule has 2 aromatic rings. The average molecular weight is 381 g/mol. The van der Waals surface area contributed by atoms with Gasteiger partial charge in [-0.15, -0.1) is 0 Å². The van der Waals surface area contributed by atoms with E-state index in [0.717, 1.165) is 6.08 Å². The Morgan fingerprint density at radius 3 is 1.69 bits per heavy atom. The molecule has 0 unspecified atom stereocenters. The first-order valence-corrected chi connectivity index (χ1v) is 9.31. The van der Waals surface area contributed by atoms with E-state index in [9.17, 15) is 17.4 Å². The first-order chi connectivity index (χ1) is 12.1. The van der Waals surface area contributed by atoms with Crippen LogP contribution in [0.15, 0.2) is 66.7 Å². The summed E-state index contributed by atoms with van der Waals surface area (Å²) in [5.41, 5.74) is 1.76. The Bertz CT molecular complexity index is 724. The lowest BCUT2D eigenvalue weighted by Crippen LogP contribution is -2.46. The third kappa shape index (κ3) is 5.54. The van der Waals surface area contributed by atoms with E-state index in [0.29, 0.717) is 16.7 Å². The van der Waals surface area contributed by atoms with Gasteiger partial charge < -0.3 is 0 Å². The van der Waals surface area contributed by atoms with E-state index in [4.69, 9.17) is 0 Å². The van der Waals surface area contributed by atoms with Gasteiger partial charge in [-0.25, -0.2) is 8.93 Å². The van der Waals surface area contributed by atoms with Gasteiger partial charge in [0.05, 0.1) is 15.7 Å².